The van der Waals surface area contributed by atoms with Crippen molar-refractivity contribution in [2.24, 2.45) is 0 Å². The monoisotopic (exact) mass is 301 g/mol. The van der Waals surface area contributed by atoms with Crippen LogP contribution in [0.2, 0.25) is 0 Å². The predicted octanol–water partition coefficient (Wildman–Crippen LogP) is 3.19. The molecule has 0 fully saturated rings. The molecular weight excluding hydrogens is 295 g/mol. The van der Waals surface area contributed by atoms with Crippen LogP contribution < -0.4 is 5.32 Å². The van der Waals surface area contributed by atoms with Gasteiger partial charge in [0, 0.05) is 0 Å². The number of rotatable bonds is 2. The highest BCUT2D eigenvalue weighted by Crippen LogP contribution is 2.23. The van der Waals surface area contributed by atoms with Gasteiger partial charge < -0.3 is 5.32 Å². The molecule has 1 amide bonds. The lowest BCUT2D eigenvalue weighted by Crippen LogP contribution is -2.42. The zero-order valence-electron chi connectivity index (χ0n) is 7.56. The minimum absolute atomic E-state index is 0.248. The number of thiophene rings is 1. The molecule has 0 radical (unpaired) electrons. The van der Waals surface area contributed by atoms with E-state index >= 15 is 0 Å². The Morgan fingerprint density at radius 3 is 2.53 bits per heavy atom. The summed E-state index contributed by atoms with van der Waals surface area (Å²) in [6.45, 7) is 0.903. The minimum atomic E-state index is -4.41. The second kappa shape index (κ2) is 4.52. The molecule has 0 aromatic carbocycles. The van der Waals surface area contributed by atoms with E-state index in [1.54, 1.807) is 6.07 Å². The van der Waals surface area contributed by atoms with Crippen molar-refractivity contribution in [3.05, 3.63) is 20.8 Å². The molecular formula is C8H7BrF3NOS. The van der Waals surface area contributed by atoms with Gasteiger partial charge in [0.15, 0.2) is 0 Å². The number of nitrogens with one attached hydrogen (secondary N) is 1. The summed E-state index contributed by atoms with van der Waals surface area (Å²) in [5, 5.41) is 1.88. The summed E-state index contributed by atoms with van der Waals surface area (Å²) in [6, 6.07) is 1.23. The smallest absolute Gasteiger partial charge is 0.340 e. The quantitative estimate of drug-likeness (QED) is 0.893. The largest absolute Gasteiger partial charge is 0.408 e. The van der Waals surface area contributed by atoms with Crippen molar-refractivity contribution in [2.75, 3.05) is 0 Å². The average molecular weight is 302 g/mol. The van der Waals surface area contributed by atoms with E-state index in [1.165, 1.54) is 6.07 Å². The molecule has 15 heavy (non-hydrogen) atoms. The maximum absolute atomic E-state index is 12.1. The van der Waals surface area contributed by atoms with E-state index in [1.807, 2.05) is 5.32 Å². The topological polar surface area (TPSA) is 29.1 Å². The molecule has 0 spiro atoms. The lowest BCUT2D eigenvalue weighted by molar-refractivity contribution is -0.149. The fraction of sp³-hybridized carbons (Fsp3) is 0.375. The zero-order chi connectivity index (χ0) is 11.6. The summed E-state index contributed by atoms with van der Waals surface area (Å²) in [5.74, 6) is -0.712. The van der Waals surface area contributed by atoms with Gasteiger partial charge in [-0.05, 0) is 35.0 Å². The van der Waals surface area contributed by atoms with Gasteiger partial charge in [-0.25, -0.2) is 0 Å². The summed E-state index contributed by atoms with van der Waals surface area (Å²) in [7, 11) is 0. The normalized spacial score (nSPS) is 13.7. The van der Waals surface area contributed by atoms with Crippen molar-refractivity contribution in [1.29, 1.82) is 0 Å². The summed E-state index contributed by atoms with van der Waals surface area (Å²) in [4.78, 5) is 11.5. The molecule has 0 saturated carbocycles. The third kappa shape index (κ3) is 3.49. The molecule has 1 heterocycles. The van der Waals surface area contributed by atoms with Gasteiger partial charge in [0.25, 0.3) is 5.91 Å². The average Bonchev–Trinajstić information content (AvgIpc) is 2.50. The van der Waals surface area contributed by atoms with Gasteiger partial charge in [-0.3, -0.25) is 4.79 Å². The van der Waals surface area contributed by atoms with Crippen molar-refractivity contribution < 1.29 is 18.0 Å². The lowest BCUT2D eigenvalue weighted by atomic mass is 10.3. The Bertz CT molecular complexity index is 363. The van der Waals surface area contributed by atoms with E-state index in [4.69, 9.17) is 0 Å². The van der Waals surface area contributed by atoms with Gasteiger partial charge in [0.05, 0.1) is 8.66 Å². The van der Waals surface area contributed by atoms with Crippen LogP contribution in [-0.2, 0) is 0 Å². The Morgan fingerprint density at radius 1 is 1.53 bits per heavy atom. The second-order valence-electron chi connectivity index (χ2n) is 2.84. The van der Waals surface area contributed by atoms with Gasteiger partial charge in [0.1, 0.15) is 6.04 Å². The standard InChI is InChI=1S/C8H7BrF3NOS/c1-4(8(10,11)12)13-7(14)5-2-3-6(9)15-5/h2-4H,1H3,(H,13,14). The molecule has 1 N–H and O–H groups in total. The molecule has 0 aliphatic heterocycles. The molecule has 1 atom stereocenters. The van der Waals surface area contributed by atoms with Crippen molar-refractivity contribution in [1.82, 2.24) is 5.32 Å². The molecule has 0 saturated heterocycles. The molecule has 1 rings (SSSR count). The van der Waals surface area contributed by atoms with Gasteiger partial charge >= 0.3 is 6.18 Å². The fourth-order valence-corrected chi connectivity index (χ4v) is 2.08. The van der Waals surface area contributed by atoms with Gasteiger partial charge in [-0.2, -0.15) is 13.2 Å². The van der Waals surface area contributed by atoms with Crippen LogP contribution in [0, 0.1) is 0 Å². The first-order valence-electron chi connectivity index (χ1n) is 3.93. The number of carbonyl (C=O) groups excluding carboxylic acids is 1. The van der Waals surface area contributed by atoms with Crippen molar-refractivity contribution in [2.45, 2.75) is 19.1 Å². The van der Waals surface area contributed by atoms with Crippen molar-refractivity contribution in [3.63, 3.8) is 0 Å². The van der Waals surface area contributed by atoms with E-state index < -0.39 is 18.1 Å². The highest BCUT2D eigenvalue weighted by atomic mass is 79.9. The van der Waals surface area contributed by atoms with E-state index in [-0.39, 0.29) is 4.88 Å². The van der Waals surface area contributed by atoms with Crippen LogP contribution in [0.25, 0.3) is 0 Å². The maximum Gasteiger partial charge on any atom is 0.408 e. The number of carbonyl (C=O) groups is 1. The number of hydrogen-bond acceptors (Lipinski definition) is 2. The Morgan fingerprint density at radius 2 is 2.13 bits per heavy atom. The first kappa shape index (κ1) is 12.5. The van der Waals surface area contributed by atoms with E-state index in [9.17, 15) is 18.0 Å². The van der Waals surface area contributed by atoms with Crippen LogP contribution in [-0.4, -0.2) is 18.1 Å². The predicted molar refractivity (Wildman–Crippen MR) is 55.0 cm³/mol. The minimum Gasteiger partial charge on any atom is -0.340 e. The number of halogens is 4. The fourth-order valence-electron chi connectivity index (χ4n) is 0.786. The summed E-state index contributed by atoms with van der Waals surface area (Å²) in [6.07, 6.45) is -4.41. The molecule has 1 aromatic heterocycles. The Kier molecular flexibility index (Phi) is 3.77. The van der Waals surface area contributed by atoms with Crippen LogP contribution in [0.15, 0.2) is 15.9 Å². The van der Waals surface area contributed by atoms with Crippen molar-refractivity contribution >= 4 is 33.2 Å². The van der Waals surface area contributed by atoms with Crippen LogP contribution in [0.5, 0.6) is 0 Å². The second-order valence-corrected chi connectivity index (χ2v) is 5.30. The van der Waals surface area contributed by atoms with Crippen molar-refractivity contribution in [3.8, 4) is 0 Å². The molecule has 7 heteroatoms. The highest BCUT2D eigenvalue weighted by Gasteiger charge is 2.37. The van der Waals surface area contributed by atoms with Gasteiger partial charge in [-0.1, -0.05) is 0 Å². The van der Waals surface area contributed by atoms with E-state index in [0.717, 1.165) is 18.3 Å². The zero-order valence-corrected chi connectivity index (χ0v) is 9.96. The van der Waals surface area contributed by atoms with Gasteiger partial charge in [0.2, 0.25) is 0 Å². The molecule has 0 aliphatic rings. The first-order valence-corrected chi connectivity index (χ1v) is 5.54. The first-order chi connectivity index (χ1) is 6.80. The summed E-state index contributed by atoms with van der Waals surface area (Å²) in [5.41, 5.74) is 0. The molecule has 1 unspecified atom stereocenters. The maximum atomic E-state index is 12.1. The Hall–Kier alpha value is -0.560. The number of alkyl halides is 3. The molecule has 84 valence electrons. The number of amides is 1. The third-order valence-corrected chi connectivity index (χ3v) is 3.26. The van der Waals surface area contributed by atoms with Gasteiger partial charge in [-0.15, -0.1) is 11.3 Å². The highest BCUT2D eigenvalue weighted by molar-refractivity contribution is 9.11. The van der Waals surface area contributed by atoms with E-state index in [2.05, 4.69) is 15.9 Å². The number of hydrogen-bond donors (Lipinski definition) is 1. The Balaban J connectivity index is 2.64. The summed E-state index contributed by atoms with van der Waals surface area (Å²) >= 11 is 4.21. The molecule has 1 aromatic rings. The third-order valence-electron chi connectivity index (χ3n) is 1.64. The lowest BCUT2D eigenvalue weighted by Gasteiger charge is -2.16. The van der Waals surface area contributed by atoms with Crippen LogP contribution in [0.4, 0.5) is 13.2 Å². The summed E-state index contributed by atoms with van der Waals surface area (Å²) < 4.78 is 37.0. The van der Waals surface area contributed by atoms with Crippen LogP contribution >= 0.6 is 27.3 Å². The SMILES string of the molecule is CC(NC(=O)c1ccc(Br)s1)C(F)(F)F. The molecule has 0 aliphatic carbocycles. The molecule has 0 bridgehead atoms. The van der Waals surface area contributed by atoms with Crippen LogP contribution in [0.1, 0.15) is 16.6 Å². The van der Waals surface area contributed by atoms with E-state index in [0.29, 0.717) is 3.79 Å². The Labute approximate surface area is 96.6 Å². The van der Waals surface area contributed by atoms with Crippen LogP contribution in [0.3, 0.4) is 0 Å². The molecule has 2 nitrogen and oxygen atoms in total.